The highest BCUT2D eigenvalue weighted by Crippen LogP contribution is 2.20. The summed E-state index contributed by atoms with van der Waals surface area (Å²) in [5.41, 5.74) is 1.43. The van der Waals surface area contributed by atoms with Gasteiger partial charge in [0.05, 0.1) is 18.4 Å². The maximum absolute atomic E-state index is 13.2. The lowest BCUT2D eigenvalue weighted by Gasteiger charge is -2.35. The van der Waals surface area contributed by atoms with E-state index in [0.717, 1.165) is 44.3 Å². The van der Waals surface area contributed by atoms with E-state index in [9.17, 15) is 14.0 Å². The molecule has 2 aliphatic rings. The second-order valence-electron chi connectivity index (χ2n) is 8.74. The van der Waals surface area contributed by atoms with Crippen LogP contribution in [0.1, 0.15) is 32.6 Å². The molecule has 33 heavy (non-hydrogen) atoms. The molecular formula is C23H30FN7O2. The van der Waals surface area contributed by atoms with Gasteiger partial charge in [0.2, 0.25) is 17.8 Å². The van der Waals surface area contributed by atoms with Crippen molar-refractivity contribution in [2.45, 2.75) is 44.7 Å². The topological polar surface area (TPSA) is 103 Å². The van der Waals surface area contributed by atoms with Crippen molar-refractivity contribution in [1.82, 2.24) is 30.7 Å². The molecule has 1 aromatic carbocycles. The molecule has 2 fully saturated rings. The Morgan fingerprint density at radius 3 is 2.45 bits per heavy atom. The van der Waals surface area contributed by atoms with Crippen molar-refractivity contribution in [3.8, 4) is 11.3 Å². The highest BCUT2D eigenvalue weighted by molar-refractivity contribution is 5.78. The van der Waals surface area contributed by atoms with Crippen molar-refractivity contribution >= 4 is 17.8 Å². The number of nitrogens with one attached hydrogen (secondary N) is 2. The summed E-state index contributed by atoms with van der Waals surface area (Å²) in [6.45, 7) is 4.70. The van der Waals surface area contributed by atoms with Crippen molar-refractivity contribution in [3.05, 3.63) is 36.3 Å². The summed E-state index contributed by atoms with van der Waals surface area (Å²) in [7, 11) is 0. The molecule has 4 rings (SSSR count). The van der Waals surface area contributed by atoms with Crippen LogP contribution in [0.5, 0.6) is 0 Å². The molecular weight excluding hydrogens is 425 g/mol. The minimum absolute atomic E-state index is 0.0211. The van der Waals surface area contributed by atoms with Gasteiger partial charge >= 0.3 is 0 Å². The zero-order valence-electron chi connectivity index (χ0n) is 18.8. The van der Waals surface area contributed by atoms with E-state index in [4.69, 9.17) is 0 Å². The average Bonchev–Trinajstić information content (AvgIpc) is 2.80. The number of amides is 2. The van der Waals surface area contributed by atoms with Gasteiger partial charge in [-0.1, -0.05) is 0 Å². The molecule has 10 heteroatoms. The number of carbonyl (C=O) groups excluding carboxylic acids is 2. The summed E-state index contributed by atoms with van der Waals surface area (Å²) in [6, 6.07) is 6.39. The minimum Gasteiger partial charge on any atom is -0.354 e. The smallest absolute Gasteiger partial charge is 0.245 e. The zero-order chi connectivity index (χ0) is 23.2. The van der Waals surface area contributed by atoms with E-state index in [1.807, 2.05) is 4.90 Å². The number of aromatic nitrogens is 3. The Hall–Kier alpha value is -3.14. The number of hydrogen-bond acceptors (Lipinski definition) is 7. The van der Waals surface area contributed by atoms with Gasteiger partial charge in [-0.05, 0) is 49.9 Å². The van der Waals surface area contributed by atoms with Crippen molar-refractivity contribution in [1.29, 1.82) is 0 Å². The molecule has 0 unspecified atom stereocenters. The fourth-order valence-corrected chi connectivity index (χ4v) is 4.51. The summed E-state index contributed by atoms with van der Waals surface area (Å²) in [4.78, 5) is 32.6. The van der Waals surface area contributed by atoms with Crippen LogP contribution in [-0.2, 0) is 9.59 Å². The van der Waals surface area contributed by atoms with Gasteiger partial charge in [-0.3, -0.25) is 14.5 Å². The first-order valence-corrected chi connectivity index (χ1v) is 11.5. The fourth-order valence-electron chi connectivity index (χ4n) is 4.51. The summed E-state index contributed by atoms with van der Waals surface area (Å²) in [6.07, 6.45) is 5.27. The summed E-state index contributed by atoms with van der Waals surface area (Å²) >= 11 is 0. The van der Waals surface area contributed by atoms with Crippen LogP contribution < -0.4 is 15.5 Å². The first kappa shape index (κ1) is 23.0. The molecule has 1 aliphatic heterocycles. The lowest BCUT2D eigenvalue weighted by molar-refractivity contribution is -0.123. The number of anilines is 1. The van der Waals surface area contributed by atoms with Crippen molar-refractivity contribution in [2.24, 2.45) is 0 Å². The van der Waals surface area contributed by atoms with Gasteiger partial charge < -0.3 is 15.5 Å². The highest BCUT2D eigenvalue weighted by atomic mass is 19.1. The van der Waals surface area contributed by atoms with Gasteiger partial charge in [0.1, 0.15) is 5.82 Å². The molecule has 2 heterocycles. The maximum atomic E-state index is 13.2. The van der Waals surface area contributed by atoms with E-state index in [-0.39, 0.29) is 29.7 Å². The third-order valence-corrected chi connectivity index (χ3v) is 6.16. The van der Waals surface area contributed by atoms with E-state index in [0.29, 0.717) is 31.3 Å². The van der Waals surface area contributed by atoms with Gasteiger partial charge in [0.15, 0.2) is 0 Å². The molecule has 0 spiro atoms. The Morgan fingerprint density at radius 1 is 1.06 bits per heavy atom. The minimum atomic E-state index is -0.294. The van der Waals surface area contributed by atoms with Crippen LogP contribution in [0.3, 0.4) is 0 Å². The highest BCUT2D eigenvalue weighted by Gasteiger charge is 2.26. The molecule has 9 nitrogen and oxygen atoms in total. The molecule has 0 bridgehead atoms. The second-order valence-corrected chi connectivity index (χ2v) is 8.74. The molecule has 1 aromatic heterocycles. The average molecular weight is 456 g/mol. The molecule has 1 aliphatic carbocycles. The first-order chi connectivity index (χ1) is 16.0. The molecule has 1 saturated heterocycles. The molecule has 2 amide bonds. The number of carbonyl (C=O) groups is 2. The Kier molecular flexibility index (Phi) is 7.43. The third-order valence-electron chi connectivity index (χ3n) is 6.16. The number of benzene rings is 1. The van der Waals surface area contributed by atoms with Crippen LogP contribution in [-0.4, -0.2) is 76.7 Å². The summed E-state index contributed by atoms with van der Waals surface area (Å²) in [5, 5.41) is 14.3. The molecule has 1 saturated carbocycles. The van der Waals surface area contributed by atoms with E-state index in [2.05, 4.69) is 30.7 Å². The van der Waals surface area contributed by atoms with Gasteiger partial charge in [0, 0.05) is 50.7 Å². The van der Waals surface area contributed by atoms with Gasteiger partial charge in [-0.15, -0.1) is 5.10 Å². The van der Waals surface area contributed by atoms with Crippen molar-refractivity contribution in [3.63, 3.8) is 0 Å². The SMILES string of the molecule is CC(=O)N[C@H]1CCC[C@@H](NC(=O)CN2CCN(c3nncc(-c4ccc(F)cc4)n3)CC2)C1. The van der Waals surface area contributed by atoms with Gasteiger partial charge in [0.25, 0.3) is 0 Å². The van der Waals surface area contributed by atoms with Crippen molar-refractivity contribution in [2.75, 3.05) is 37.6 Å². The van der Waals surface area contributed by atoms with Crippen LogP contribution in [0.25, 0.3) is 11.3 Å². The fraction of sp³-hybridized carbons (Fsp3) is 0.522. The lowest BCUT2D eigenvalue weighted by Crippen LogP contribution is -2.52. The monoisotopic (exact) mass is 455 g/mol. The van der Waals surface area contributed by atoms with E-state index in [1.165, 1.54) is 19.1 Å². The Bertz CT molecular complexity index is 964. The standard InChI is InChI=1S/C23H30FN7O2/c1-16(32)26-19-3-2-4-20(13-19)27-22(33)15-30-9-11-31(12-10-30)23-28-21(14-25-29-23)17-5-7-18(24)8-6-17/h5-8,14,19-20H,2-4,9-13,15H2,1H3,(H,26,32)(H,27,33)/t19-,20+/m0/s1. The summed E-state index contributed by atoms with van der Waals surface area (Å²) < 4.78 is 13.2. The quantitative estimate of drug-likeness (QED) is 0.678. The Balaban J connectivity index is 1.25. The van der Waals surface area contributed by atoms with Crippen LogP contribution in [0.15, 0.2) is 30.5 Å². The van der Waals surface area contributed by atoms with Crippen LogP contribution in [0.4, 0.5) is 10.3 Å². The number of hydrogen-bond donors (Lipinski definition) is 2. The predicted molar refractivity (Wildman–Crippen MR) is 122 cm³/mol. The largest absolute Gasteiger partial charge is 0.354 e. The number of piperazine rings is 1. The number of halogens is 1. The molecule has 176 valence electrons. The number of rotatable bonds is 6. The first-order valence-electron chi connectivity index (χ1n) is 11.5. The maximum Gasteiger partial charge on any atom is 0.245 e. The third kappa shape index (κ3) is 6.44. The molecule has 2 aromatic rings. The molecule has 2 atom stereocenters. The van der Waals surface area contributed by atoms with Crippen molar-refractivity contribution < 1.29 is 14.0 Å². The van der Waals surface area contributed by atoms with Gasteiger partial charge in [-0.2, -0.15) is 5.10 Å². The van der Waals surface area contributed by atoms with E-state index in [1.54, 1.807) is 18.3 Å². The summed E-state index contributed by atoms with van der Waals surface area (Å²) in [5.74, 6) is 0.240. The Labute approximate surface area is 192 Å². The second kappa shape index (κ2) is 10.7. The molecule has 0 radical (unpaired) electrons. The predicted octanol–water partition coefficient (Wildman–Crippen LogP) is 1.36. The van der Waals surface area contributed by atoms with Crippen LogP contribution >= 0.6 is 0 Å². The molecule has 2 N–H and O–H groups in total. The zero-order valence-corrected chi connectivity index (χ0v) is 18.8. The normalized spacial score (nSPS) is 21.5. The van der Waals surface area contributed by atoms with Crippen LogP contribution in [0.2, 0.25) is 0 Å². The van der Waals surface area contributed by atoms with E-state index >= 15 is 0 Å². The number of nitrogens with zero attached hydrogens (tertiary/aromatic N) is 5. The van der Waals surface area contributed by atoms with Crippen LogP contribution in [0, 0.1) is 5.82 Å². The lowest BCUT2D eigenvalue weighted by atomic mass is 9.91. The van der Waals surface area contributed by atoms with Gasteiger partial charge in [-0.25, -0.2) is 9.37 Å². The Morgan fingerprint density at radius 2 is 1.76 bits per heavy atom. The van der Waals surface area contributed by atoms with E-state index < -0.39 is 0 Å².